The van der Waals surface area contributed by atoms with Gasteiger partial charge >= 0.3 is 6.09 Å². The Morgan fingerprint density at radius 1 is 1.29 bits per heavy atom. The highest BCUT2D eigenvalue weighted by Gasteiger charge is 2.52. The summed E-state index contributed by atoms with van der Waals surface area (Å²) in [7, 11) is 0. The molecule has 2 aliphatic rings. The molecule has 1 aromatic rings. The second kappa shape index (κ2) is 4.86. The van der Waals surface area contributed by atoms with Gasteiger partial charge in [0.2, 0.25) is 0 Å². The number of pyridine rings is 1. The van der Waals surface area contributed by atoms with Crippen molar-refractivity contribution in [2.75, 3.05) is 13.1 Å². The Bertz CT molecular complexity index is 556. The Morgan fingerprint density at radius 2 is 1.90 bits per heavy atom. The lowest BCUT2D eigenvalue weighted by atomic mass is 9.60. The first-order valence-electron chi connectivity index (χ1n) is 7.43. The van der Waals surface area contributed by atoms with Gasteiger partial charge in [-0.3, -0.25) is 4.98 Å². The van der Waals surface area contributed by atoms with E-state index in [9.17, 15) is 4.79 Å². The van der Waals surface area contributed by atoms with Crippen LogP contribution in [0.3, 0.4) is 0 Å². The largest absolute Gasteiger partial charge is 0.444 e. The molecule has 0 bridgehead atoms. The molecule has 1 saturated carbocycles. The van der Waals surface area contributed by atoms with Crippen LogP contribution in [-0.4, -0.2) is 34.7 Å². The minimum Gasteiger partial charge on any atom is -0.444 e. The van der Waals surface area contributed by atoms with E-state index in [-0.39, 0.29) is 6.09 Å². The van der Waals surface area contributed by atoms with Crippen molar-refractivity contribution in [1.29, 1.82) is 0 Å². The fraction of sp³-hybridized carbons (Fsp3) is 0.529. The highest BCUT2D eigenvalue weighted by Crippen LogP contribution is 2.52. The first-order valence-corrected chi connectivity index (χ1v) is 7.43. The molecule has 0 radical (unpaired) electrons. The van der Waals surface area contributed by atoms with Crippen molar-refractivity contribution in [1.82, 2.24) is 9.88 Å². The van der Waals surface area contributed by atoms with Crippen LogP contribution in [-0.2, 0) is 4.74 Å². The highest BCUT2D eigenvalue weighted by atomic mass is 16.6. The van der Waals surface area contributed by atoms with E-state index in [0.717, 1.165) is 25.9 Å². The summed E-state index contributed by atoms with van der Waals surface area (Å²) in [6, 6.07) is 4.04. The van der Waals surface area contributed by atoms with E-state index in [2.05, 4.69) is 11.1 Å². The first-order chi connectivity index (χ1) is 9.85. The standard InChI is InChI=1S/C17H22N2O2/c1-16(2,3)21-15(20)19-11-17(12-19)9-14(10-17)8-13-4-6-18-7-5-13/h4-8H,9-12H2,1-3H3. The van der Waals surface area contributed by atoms with Crippen LogP contribution in [0.2, 0.25) is 0 Å². The molecule has 2 heterocycles. The minimum atomic E-state index is -0.411. The number of amides is 1. The molecule has 1 aromatic heterocycles. The van der Waals surface area contributed by atoms with Gasteiger partial charge in [-0.1, -0.05) is 11.6 Å². The lowest BCUT2D eigenvalue weighted by molar-refractivity contribution is -0.0498. The maximum absolute atomic E-state index is 11.9. The van der Waals surface area contributed by atoms with Gasteiger partial charge in [-0.2, -0.15) is 0 Å². The quantitative estimate of drug-likeness (QED) is 0.793. The number of hydrogen-bond donors (Lipinski definition) is 0. The molecule has 1 aliphatic carbocycles. The molecule has 112 valence electrons. The second-order valence-electron chi connectivity index (χ2n) is 7.27. The van der Waals surface area contributed by atoms with Crippen molar-refractivity contribution < 1.29 is 9.53 Å². The maximum Gasteiger partial charge on any atom is 0.410 e. The summed E-state index contributed by atoms with van der Waals surface area (Å²) in [4.78, 5) is 17.8. The summed E-state index contributed by atoms with van der Waals surface area (Å²) in [5.74, 6) is 0. The lowest BCUT2D eigenvalue weighted by Crippen LogP contribution is -2.62. The zero-order valence-electron chi connectivity index (χ0n) is 12.9. The minimum absolute atomic E-state index is 0.181. The highest BCUT2D eigenvalue weighted by molar-refractivity contribution is 5.70. The Labute approximate surface area is 125 Å². The fourth-order valence-electron chi connectivity index (χ4n) is 3.15. The maximum atomic E-state index is 11.9. The molecule has 4 heteroatoms. The van der Waals surface area contributed by atoms with Crippen LogP contribution in [0.1, 0.15) is 39.2 Å². The topological polar surface area (TPSA) is 42.4 Å². The van der Waals surface area contributed by atoms with Gasteiger partial charge in [0.05, 0.1) is 0 Å². The van der Waals surface area contributed by atoms with Gasteiger partial charge in [0, 0.05) is 30.9 Å². The number of carbonyl (C=O) groups excluding carboxylic acids is 1. The van der Waals surface area contributed by atoms with Crippen molar-refractivity contribution in [2.45, 2.75) is 39.2 Å². The third-order valence-electron chi connectivity index (χ3n) is 3.99. The molecule has 1 aliphatic heterocycles. The van der Waals surface area contributed by atoms with Gasteiger partial charge in [-0.25, -0.2) is 4.79 Å². The van der Waals surface area contributed by atoms with Crippen molar-refractivity contribution >= 4 is 12.2 Å². The third-order valence-corrected chi connectivity index (χ3v) is 3.99. The van der Waals surface area contributed by atoms with Crippen molar-refractivity contribution in [2.24, 2.45) is 5.41 Å². The predicted octanol–water partition coefficient (Wildman–Crippen LogP) is 3.50. The van der Waals surface area contributed by atoms with Crippen molar-refractivity contribution in [3.8, 4) is 0 Å². The monoisotopic (exact) mass is 286 g/mol. The SMILES string of the molecule is CC(C)(C)OC(=O)N1CC2(CC(=Cc3ccncc3)C2)C1. The van der Waals surface area contributed by atoms with Crippen LogP contribution in [0.25, 0.3) is 6.08 Å². The van der Waals surface area contributed by atoms with E-state index in [4.69, 9.17) is 4.74 Å². The summed E-state index contributed by atoms with van der Waals surface area (Å²) in [6.07, 6.45) is 7.87. The Hall–Kier alpha value is -1.84. The molecule has 21 heavy (non-hydrogen) atoms. The summed E-state index contributed by atoms with van der Waals surface area (Å²) < 4.78 is 5.39. The van der Waals surface area contributed by atoms with Gasteiger partial charge in [-0.15, -0.1) is 0 Å². The third kappa shape index (κ3) is 3.09. The lowest BCUT2D eigenvalue weighted by Gasteiger charge is -2.56. The van der Waals surface area contributed by atoms with Crippen LogP contribution in [0, 0.1) is 5.41 Å². The molecule has 1 amide bonds. The first kappa shape index (κ1) is 14.1. The Kier molecular flexibility index (Phi) is 3.27. The molecule has 0 atom stereocenters. The number of hydrogen-bond acceptors (Lipinski definition) is 3. The fourth-order valence-corrected chi connectivity index (χ4v) is 3.15. The summed E-state index contributed by atoms with van der Waals surface area (Å²) >= 11 is 0. The summed E-state index contributed by atoms with van der Waals surface area (Å²) in [5.41, 5.74) is 2.57. The molecule has 1 spiro atoms. The van der Waals surface area contributed by atoms with Crippen LogP contribution in [0.4, 0.5) is 4.79 Å². The molecule has 4 nitrogen and oxygen atoms in total. The number of likely N-dealkylation sites (tertiary alicyclic amines) is 1. The van der Waals surface area contributed by atoms with Gasteiger partial charge < -0.3 is 9.64 Å². The number of allylic oxidation sites excluding steroid dienone is 1. The van der Waals surface area contributed by atoms with Crippen LogP contribution < -0.4 is 0 Å². The second-order valence-corrected chi connectivity index (χ2v) is 7.27. The van der Waals surface area contributed by atoms with E-state index in [1.807, 2.05) is 50.2 Å². The number of carbonyl (C=O) groups is 1. The smallest absolute Gasteiger partial charge is 0.410 e. The van der Waals surface area contributed by atoms with Crippen LogP contribution in [0.5, 0.6) is 0 Å². The Balaban J connectivity index is 1.50. The van der Waals surface area contributed by atoms with Crippen molar-refractivity contribution in [3.05, 3.63) is 35.7 Å². The molecule has 3 rings (SSSR count). The zero-order valence-corrected chi connectivity index (χ0v) is 12.9. The zero-order chi connectivity index (χ0) is 15.1. The number of aromatic nitrogens is 1. The van der Waals surface area contributed by atoms with E-state index >= 15 is 0 Å². The molecule has 1 saturated heterocycles. The van der Waals surface area contributed by atoms with Gasteiger partial charge in [0.25, 0.3) is 0 Å². The molecule has 0 N–H and O–H groups in total. The molecule has 0 aromatic carbocycles. The normalized spacial score (nSPS) is 19.8. The van der Waals surface area contributed by atoms with Crippen molar-refractivity contribution in [3.63, 3.8) is 0 Å². The van der Waals surface area contributed by atoms with Crippen LogP contribution >= 0.6 is 0 Å². The number of ether oxygens (including phenoxy) is 1. The van der Waals surface area contributed by atoms with E-state index in [0.29, 0.717) is 5.41 Å². The van der Waals surface area contributed by atoms with E-state index in [1.54, 1.807) is 0 Å². The predicted molar refractivity (Wildman–Crippen MR) is 81.7 cm³/mol. The average molecular weight is 286 g/mol. The van der Waals surface area contributed by atoms with E-state index in [1.165, 1.54) is 11.1 Å². The molecule has 2 fully saturated rings. The Morgan fingerprint density at radius 3 is 2.48 bits per heavy atom. The number of nitrogens with zero attached hydrogens (tertiary/aromatic N) is 2. The number of rotatable bonds is 1. The summed E-state index contributed by atoms with van der Waals surface area (Å²) in [6.45, 7) is 7.36. The van der Waals surface area contributed by atoms with E-state index < -0.39 is 5.60 Å². The summed E-state index contributed by atoms with van der Waals surface area (Å²) in [5, 5.41) is 0. The van der Waals surface area contributed by atoms with Gasteiger partial charge in [0.1, 0.15) is 5.60 Å². The molecule has 0 unspecified atom stereocenters. The van der Waals surface area contributed by atoms with Gasteiger partial charge in [0.15, 0.2) is 0 Å². The van der Waals surface area contributed by atoms with Gasteiger partial charge in [-0.05, 0) is 51.3 Å². The molecular formula is C17H22N2O2. The molecular weight excluding hydrogens is 264 g/mol. The van der Waals surface area contributed by atoms with Crippen LogP contribution in [0.15, 0.2) is 30.1 Å². The average Bonchev–Trinajstić information content (AvgIpc) is 2.29.